The number of hydrogen-bond acceptors (Lipinski definition) is 0. The molecule has 0 aliphatic rings. The Morgan fingerprint density at radius 1 is 0.654 bits per heavy atom. The summed E-state index contributed by atoms with van der Waals surface area (Å²) in [5, 5.41) is 0. The summed E-state index contributed by atoms with van der Waals surface area (Å²) in [6, 6.07) is 0. The first-order valence-electron chi connectivity index (χ1n) is 6.80. The zero-order valence-electron chi connectivity index (χ0n) is 12.7. The molecule has 0 saturated carbocycles. The molecule has 0 N–H and O–H groups in total. The van der Waals surface area contributed by atoms with Crippen LogP contribution in [-0.2, 0) is 0 Å². The molecular formula is C12H12F13I. The number of hydrogen-bond donors (Lipinski definition) is 0. The van der Waals surface area contributed by atoms with E-state index in [0.717, 1.165) is 22.6 Å². The second-order valence-electron chi connectivity index (χ2n) is 5.44. The molecule has 26 heavy (non-hydrogen) atoms. The van der Waals surface area contributed by atoms with E-state index < -0.39 is 46.1 Å². The fourth-order valence-corrected chi connectivity index (χ4v) is 2.73. The van der Waals surface area contributed by atoms with E-state index in [0.29, 0.717) is 6.42 Å². The topological polar surface area (TPSA) is 0 Å². The van der Waals surface area contributed by atoms with Crippen molar-refractivity contribution in [2.24, 2.45) is 0 Å². The van der Waals surface area contributed by atoms with Gasteiger partial charge in [-0.15, -0.1) is 0 Å². The molecule has 0 radical (unpaired) electrons. The third-order valence-corrected chi connectivity index (χ3v) is 4.41. The molecule has 1 atom stereocenters. The quantitative estimate of drug-likeness (QED) is 0.170. The maximum Gasteiger partial charge on any atom is 0.460 e. The summed E-state index contributed by atoms with van der Waals surface area (Å²) < 4.78 is 166. The van der Waals surface area contributed by atoms with E-state index in [1.165, 1.54) is 0 Å². The molecule has 0 aliphatic carbocycles. The fraction of sp³-hybridized carbons (Fsp3) is 1.00. The molecule has 0 aliphatic heterocycles. The predicted molar refractivity (Wildman–Crippen MR) is 72.7 cm³/mol. The van der Waals surface area contributed by atoms with Gasteiger partial charge in [0.15, 0.2) is 0 Å². The standard InChI is InChI=1S/C12H12F13I/c1-2-3-4-6(26)5-7(13,14)8(15,16)9(17,18)10(19,20)11(21,22)12(23,24)25/h6H,2-5H2,1H3. The lowest BCUT2D eigenvalue weighted by atomic mass is 9.91. The smallest absolute Gasteiger partial charge is 0.200 e. The molecule has 0 saturated heterocycles. The van der Waals surface area contributed by atoms with Crippen LogP contribution in [0.5, 0.6) is 0 Å². The maximum absolute atomic E-state index is 13.5. The van der Waals surface area contributed by atoms with Gasteiger partial charge in [0.25, 0.3) is 0 Å². The Morgan fingerprint density at radius 3 is 1.38 bits per heavy atom. The Morgan fingerprint density at radius 2 is 1.04 bits per heavy atom. The van der Waals surface area contributed by atoms with Gasteiger partial charge >= 0.3 is 35.8 Å². The lowest BCUT2D eigenvalue weighted by molar-refractivity contribution is -0.440. The zero-order valence-corrected chi connectivity index (χ0v) is 14.9. The molecule has 0 rings (SSSR count). The van der Waals surface area contributed by atoms with Crippen LogP contribution in [0.25, 0.3) is 0 Å². The third-order valence-electron chi connectivity index (χ3n) is 3.35. The van der Waals surface area contributed by atoms with Gasteiger partial charge in [-0.1, -0.05) is 42.4 Å². The van der Waals surface area contributed by atoms with Crippen molar-refractivity contribution in [3.63, 3.8) is 0 Å². The molecule has 1 unspecified atom stereocenters. The number of rotatable bonds is 9. The van der Waals surface area contributed by atoms with Gasteiger partial charge in [0.2, 0.25) is 0 Å². The molecule has 0 fully saturated rings. The van der Waals surface area contributed by atoms with Crippen molar-refractivity contribution in [2.45, 2.75) is 72.3 Å². The molecule has 0 aromatic carbocycles. The highest BCUT2D eigenvalue weighted by Crippen LogP contribution is 2.60. The van der Waals surface area contributed by atoms with Crippen molar-refractivity contribution >= 4 is 22.6 Å². The van der Waals surface area contributed by atoms with Crippen LogP contribution in [0.15, 0.2) is 0 Å². The van der Waals surface area contributed by atoms with Gasteiger partial charge in [-0.2, -0.15) is 57.1 Å². The summed E-state index contributed by atoms with van der Waals surface area (Å²) in [7, 11) is 0. The number of unbranched alkanes of at least 4 members (excludes halogenated alkanes) is 1. The van der Waals surface area contributed by atoms with Gasteiger partial charge < -0.3 is 0 Å². The van der Waals surface area contributed by atoms with Crippen LogP contribution >= 0.6 is 22.6 Å². The molecule has 14 heteroatoms. The van der Waals surface area contributed by atoms with Gasteiger partial charge in [0, 0.05) is 10.3 Å². The minimum Gasteiger partial charge on any atom is -0.200 e. The minimum atomic E-state index is -7.82. The Kier molecular flexibility index (Phi) is 7.63. The fourth-order valence-electron chi connectivity index (χ4n) is 1.74. The molecule has 158 valence electrons. The molecule has 0 aromatic heterocycles. The van der Waals surface area contributed by atoms with Crippen molar-refractivity contribution in [3.8, 4) is 0 Å². The summed E-state index contributed by atoms with van der Waals surface area (Å²) in [5.41, 5.74) is 0. The van der Waals surface area contributed by atoms with Gasteiger partial charge in [0.05, 0.1) is 0 Å². The molecule has 0 nitrogen and oxygen atoms in total. The molecular weight excluding hydrogens is 518 g/mol. The highest BCUT2D eigenvalue weighted by Gasteiger charge is 2.90. The van der Waals surface area contributed by atoms with E-state index in [2.05, 4.69) is 0 Å². The van der Waals surface area contributed by atoms with E-state index in [-0.39, 0.29) is 12.8 Å². The Bertz CT molecular complexity index is 468. The molecule has 0 aromatic rings. The Labute approximate surface area is 152 Å². The number of halogens is 14. The summed E-state index contributed by atoms with van der Waals surface area (Å²) >= 11 is 1.13. The van der Waals surface area contributed by atoms with E-state index in [1.54, 1.807) is 6.92 Å². The monoisotopic (exact) mass is 530 g/mol. The van der Waals surface area contributed by atoms with Crippen LogP contribution in [0.2, 0.25) is 0 Å². The maximum atomic E-state index is 13.5. The zero-order chi connectivity index (χ0) is 21.4. The van der Waals surface area contributed by atoms with Gasteiger partial charge in [-0.3, -0.25) is 0 Å². The van der Waals surface area contributed by atoms with Crippen molar-refractivity contribution in [1.82, 2.24) is 0 Å². The summed E-state index contributed by atoms with van der Waals surface area (Å²) in [5.74, 6) is -36.3. The average Bonchev–Trinajstić information content (AvgIpc) is 2.42. The lowest BCUT2D eigenvalue weighted by Crippen LogP contribution is -2.70. The molecule has 0 bridgehead atoms. The first kappa shape index (κ1) is 25.8. The van der Waals surface area contributed by atoms with Gasteiger partial charge in [-0.25, -0.2) is 0 Å². The SMILES string of the molecule is CCCCC(I)CC(F)(F)C(F)(F)C(F)(F)C(F)(F)C(F)(F)C(F)(F)F. The van der Waals surface area contributed by atoms with Gasteiger partial charge in [-0.05, 0) is 6.42 Å². The Balaban J connectivity index is 5.92. The second kappa shape index (κ2) is 7.68. The largest absolute Gasteiger partial charge is 0.460 e. The van der Waals surface area contributed by atoms with E-state index in [1.807, 2.05) is 0 Å². The van der Waals surface area contributed by atoms with Crippen molar-refractivity contribution < 1.29 is 57.1 Å². The molecule has 0 spiro atoms. The highest BCUT2D eigenvalue weighted by molar-refractivity contribution is 14.1. The van der Waals surface area contributed by atoms with Gasteiger partial charge in [0.1, 0.15) is 0 Å². The third kappa shape index (κ3) is 4.28. The predicted octanol–water partition coefficient (Wildman–Crippen LogP) is 7.11. The summed E-state index contributed by atoms with van der Waals surface area (Å²) in [6.45, 7) is 1.56. The molecule has 0 amide bonds. The first-order valence-corrected chi connectivity index (χ1v) is 8.05. The summed E-state index contributed by atoms with van der Waals surface area (Å²) in [6.07, 6.45) is -9.16. The van der Waals surface area contributed by atoms with Crippen LogP contribution in [0, 0.1) is 0 Å². The van der Waals surface area contributed by atoms with Crippen LogP contribution in [0.4, 0.5) is 57.1 Å². The van der Waals surface area contributed by atoms with Crippen LogP contribution in [-0.4, -0.2) is 39.7 Å². The van der Waals surface area contributed by atoms with Crippen molar-refractivity contribution in [1.29, 1.82) is 0 Å². The number of alkyl halides is 14. The summed E-state index contributed by atoms with van der Waals surface area (Å²) in [4.78, 5) is 0. The van der Waals surface area contributed by atoms with E-state index in [9.17, 15) is 57.1 Å². The lowest BCUT2D eigenvalue weighted by Gasteiger charge is -2.40. The highest BCUT2D eigenvalue weighted by atomic mass is 127. The normalized spacial score (nSPS) is 16.7. The van der Waals surface area contributed by atoms with Crippen LogP contribution < -0.4 is 0 Å². The van der Waals surface area contributed by atoms with Crippen molar-refractivity contribution in [3.05, 3.63) is 0 Å². The average molecular weight is 530 g/mol. The van der Waals surface area contributed by atoms with Crippen LogP contribution in [0.1, 0.15) is 32.6 Å². The van der Waals surface area contributed by atoms with E-state index in [4.69, 9.17) is 0 Å². The van der Waals surface area contributed by atoms with Crippen LogP contribution in [0.3, 0.4) is 0 Å². The van der Waals surface area contributed by atoms with E-state index >= 15 is 0 Å². The minimum absolute atomic E-state index is 0.175. The first-order chi connectivity index (χ1) is 11.2. The Hall–Kier alpha value is -0.180. The van der Waals surface area contributed by atoms with Crippen molar-refractivity contribution in [2.75, 3.05) is 0 Å². The second-order valence-corrected chi connectivity index (χ2v) is 7.21. The molecule has 0 heterocycles.